The van der Waals surface area contributed by atoms with Crippen molar-refractivity contribution in [2.24, 2.45) is 0 Å². The summed E-state index contributed by atoms with van der Waals surface area (Å²) in [6, 6.07) is 4.61. The molecule has 0 saturated carbocycles. The van der Waals surface area contributed by atoms with Crippen molar-refractivity contribution in [2.75, 3.05) is 10.6 Å². The third-order valence-electron chi connectivity index (χ3n) is 2.30. The molecule has 20 heavy (non-hydrogen) atoms. The van der Waals surface area contributed by atoms with E-state index in [1.54, 1.807) is 6.07 Å². The van der Waals surface area contributed by atoms with Gasteiger partial charge in [-0.2, -0.15) is 0 Å². The predicted octanol–water partition coefficient (Wildman–Crippen LogP) is 2.50. The number of nitrogens with zero attached hydrogens (tertiary/aromatic N) is 1. The molecule has 0 bridgehead atoms. The van der Waals surface area contributed by atoms with Crippen LogP contribution in [0.25, 0.3) is 0 Å². The molecule has 0 atom stereocenters. The number of halogens is 1. The average Bonchev–Trinajstić information content (AvgIpc) is 2.38. The highest BCUT2D eigenvalue weighted by atomic mass is 35.5. The molecule has 0 saturated heterocycles. The standard InChI is InChI=1S/C12H10ClN3O4/c13-6-1-2-10(14-5-6)16-12(20)15-7-3-8(17)11(19)9(18)4-7/h1-5,17-19H,(H2,14,15,16,20). The third kappa shape index (κ3) is 3.21. The van der Waals surface area contributed by atoms with Crippen LogP contribution < -0.4 is 10.6 Å². The number of rotatable bonds is 2. The zero-order valence-electron chi connectivity index (χ0n) is 9.96. The Morgan fingerprint density at radius 2 is 1.75 bits per heavy atom. The Labute approximate surface area is 118 Å². The van der Waals surface area contributed by atoms with Gasteiger partial charge in [0.1, 0.15) is 5.82 Å². The van der Waals surface area contributed by atoms with E-state index in [9.17, 15) is 20.1 Å². The van der Waals surface area contributed by atoms with Gasteiger partial charge in [0.25, 0.3) is 0 Å². The summed E-state index contributed by atoms with van der Waals surface area (Å²) in [7, 11) is 0. The molecule has 2 rings (SSSR count). The van der Waals surface area contributed by atoms with Crippen LogP contribution in [0.15, 0.2) is 30.5 Å². The van der Waals surface area contributed by atoms with Crippen molar-refractivity contribution in [3.8, 4) is 17.2 Å². The van der Waals surface area contributed by atoms with E-state index in [0.29, 0.717) is 5.02 Å². The first-order valence-corrected chi connectivity index (χ1v) is 5.78. The van der Waals surface area contributed by atoms with Crippen LogP contribution >= 0.6 is 11.6 Å². The summed E-state index contributed by atoms with van der Waals surface area (Å²) in [4.78, 5) is 15.5. The van der Waals surface area contributed by atoms with E-state index < -0.39 is 23.3 Å². The number of nitrogens with one attached hydrogen (secondary N) is 2. The maximum atomic E-state index is 11.7. The summed E-state index contributed by atoms with van der Waals surface area (Å²) in [6.45, 7) is 0. The molecule has 1 aromatic heterocycles. The first kappa shape index (κ1) is 13.8. The molecule has 7 nitrogen and oxygen atoms in total. The summed E-state index contributed by atoms with van der Waals surface area (Å²) in [6.07, 6.45) is 1.37. The van der Waals surface area contributed by atoms with Crippen LogP contribution in [0.1, 0.15) is 0 Å². The molecule has 0 aliphatic carbocycles. The molecule has 1 aromatic carbocycles. The van der Waals surface area contributed by atoms with Crippen molar-refractivity contribution >= 4 is 29.1 Å². The maximum Gasteiger partial charge on any atom is 0.324 e. The lowest BCUT2D eigenvalue weighted by Crippen LogP contribution is -2.19. The van der Waals surface area contributed by atoms with Gasteiger partial charge in [-0.05, 0) is 12.1 Å². The number of carbonyl (C=O) groups is 1. The van der Waals surface area contributed by atoms with Crippen molar-refractivity contribution in [2.45, 2.75) is 0 Å². The highest BCUT2D eigenvalue weighted by molar-refractivity contribution is 6.30. The summed E-state index contributed by atoms with van der Waals surface area (Å²) in [5, 5.41) is 33.0. The van der Waals surface area contributed by atoms with Crippen molar-refractivity contribution in [3.63, 3.8) is 0 Å². The van der Waals surface area contributed by atoms with Crippen molar-refractivity contribution in [1.29, 1.82) is 0 Å². The normalized spacial score (nSPS) is 10.1. The number of pyridine rings is 1. The number of amides is 2. The molecule has 0 unspecified atom stereocenters. The Kier molecular flexibility index (Phi) is 3.81. The number of aromatic hydroxyl groups is 3. The number of aromatic nitrogens is 1. The predicted molar refractivity (Wildman–Crippen MR) is 73.3 cm³/mol. The minimum Gasteiger partial charge on any atom is -0.504 e. The lowest BCUT2D eigenvalue weighted by Gasteiger charge is -2.09. The number of phenolic OH excluding ortho intramolecular Hbond substituents is 3. The third-order valence-corrected chi connectivity index (χ3v) is 2.52. The van der Waals surface area contributed by atoms with Crippen molar-refractivity contribution < 1.29 is 20.1 Å². The molecule has 8 heteroatoms. The van der Waals surface area contributed by atoms with Crippen LogP contribution in [-0.2, 0) is 0 Å². The van der Waals surface area contributed by atoms with Gasteiger partial charge in [-0.1, -0.05) is 11.6 Å². The summed E-state index contributed by atoms with van der Waals surface area (Å²) in [5.41, 5.74) is 0.101. The van der Waals surface area contributed by atoms with Crippen LogP contribution in [0.4, 0.5) is 16.3 Å². The lowest BCUT2D eigenvalue weighted by molar-refractivity contribution is 0.262. The first-order chi connectivity index (χ1) is 9.45. The largest absolute Gasteiger partial charge is 0.504 e. The molecule has 0 spiro atoms. The fraction of sp³-hybridized carbons (Fsp3) is 0. The highest BCUT2D eigenvalue weighted by Crippen LogP contribution is 2.37. The Hall–Kier alpha value is -2.67. The maximum absolute atomic E-state index is 11.7. The number of hydrogen-bond donors (Lipinski definition) is 5. The van der Waals surface area contributed by atoms with Gasteiger partial charge in [0.2, 0.25) is 0 Å². The number of hydrogen-bond acceptors (Lipinski definition) is 5. The lowest BCUT2D eigenvalue weighted by atomic mass is 10.2. The SMILES string of the molecule is O=C(Nc1cc(O)c(O)c(O)c1)Nc1ccc(Cl)cn1. The highest BCUT2D eigenvalue weighted by Gasteiger charge is 2.10. The molecule has 5 N–H and O–H groups in total. The fourth-order valence-corrected chi connectivity index (χ4v) is 1.52. The zero-order chi connectivity index (χ0) is 14.7. The molecule has 2 amide bonds. The molecule has 0 aliphatic heterocycles. The van der Waals surface area contributed by atoms with Gasteiger partial charge < -0.3 is 20.6 Å². The van der Waals surface area contributed by atoms with E-state index in [4.69, 9.17) is 11.6 Å². The minimum absolute atomic E-state index is 0.101. The molecule has 1 heterocycles. The van der Waals surface area contributed by atoms with Crippen molar-refractivity contribution in [1.82, 2.24) is 4.98 Å². The van der Waals surface area contributed by atoms with Gasteiger partial charge in [-0.15, -0.1) is 0 Å². The first-order valence-electron chi connectivity index (χ1n) is 5.40. The Bertz CT molecular complexity index is 623. The quantitative estimate of drug-likeness (QED) is 0.431. The van der Waals surface area contributed by atoms with Crippen LogP contribution in [0, 0.1) is 0 Å². The van der Waals surface area contributed by atoms with Gasteiger partial charge in [0.05, 0.1) is 10.7 Å². The Morgan fingerprint density at radius 1 is 1.10 bits per heavy atom. The molecule has 2 aromatic rings. The van der Waals surface area contributed by atoms with E-state index in [2.05, 4.69) is 15.6 Å². The molecule has 0 fully saturated rings. The molecular formula is C12H10ClN3O4. The minimum atomic E-state index is -0.657. The second kappa shape index (κ2) is 5.54. The van der Waals surface area contributed by atoms with E-state index in [1.165, 1.54) is 12.3 Å². The number of carbonyl (C=O) groups excluding carboxylic acids is 1. The van der Waals surface area contributed by atoms with E-state index in [-0.39, 0.29) is 11.5 Å². The Balaban J connectivity index is 2.06. The zero-order valence-corrected chi connectivity index (χ0v) is 10.7. The molecule has 0 aliphatic rings. The number of urea groups is 1. The summed E-state index contributed by atoms with van der Waals surface area (Å²) >= 11 is 5.66. The van der Waals surface area contributed by atoms with E-state index in [1.807, 2.05) is 0 Å². The smallest absolute Gasteiger partial charge is 0.324 e. The Morgan fingerprint density at radius 3 is 2.30 bits per heavy atom. The fourth-order valence-electron chi connectivity index (χ4n) is 1.40. The topological polar surface area (TPSA) is 115 Å². The van der Waals surface area contributed by atoms with Gasteiger partial charge in [0.15, 0.2) is 17.2 Å². The van der Waals surface area contributed by atoms with Gasteiger partial charge >= 0.3 is 6.03 Å². The van der Waals surface area contributed by atoms with Gasteiger partial charge in [0, 0.05) is 18.3 Å². The van der Waals surface area contributed by atoms with Gasteiger partial charge in [-0.25, -0.2) is 9.78 Å². The number of anilines is 2. The molecule has 104 valence electrons. The second-order valence-corrected chi connectivity index (χ2v) is 4.24. The molecule has 0 radical (unpaired) electrons. The monoisotopic (exact) mass is 295 g/mol. The van der Waals surface area contributed by atoms with Crippen LogP contribution in [-0.4, -0.2) is 26.3 Å². The summed E-state index contributed by atoms with van der Waals surface area (Å²) in [5.74, 6) is -1.48. The van der Waals surface area contributed by atoms with Crippen molar-refractivity contribution in [3.05, 3.63) is 35.5 Å². The molecular weight excluding hydrogens is 286 g/mol. The average molecular weight is 296 g/mol. The van der Waals surface area contributed by atoms with Crippen LogP contribution in [0.3, 0.4) is 0 Å². The van der Waals surface area contributed by atoms with E-state index >= 15 is 0 Å². The number of phenols is 3. The van der Waals surface area contributed by atoms with Crippen LogP contribution in [0.2, 0.25) is 5.02 Å². The van der Waals surface area contributed by atoms with E-state index in [0.717, 1.165) is 12.1 Å². The second-order valence-electron chi connectivity index (χ2n) is 3.80. The van der Waals surface area contributed by atoms with Crippen LogP contribution in [0.5, 0.6) is 17.2 Å². The summed E-state index contributed by atoms with van der Waals surface area (Å²) < 4.78 is 0. The number of benzene rings is 1. The van der Waals surface area contributed by atoms with Gasteiger partial charge in [-0.3, -0.25) is 5.32 Å².